The predicted octanol–water partition coefficient (Wildman–Crippen LogP) is 1.11. The van der Waals surface area contributed by atoms with Crippen LogP contribution in [0.3, 0.4) is 0 Å². The Balaban J connectivity index is 1.58. The smallest absolute Gasteiger partial charge is 0.326 e. The van der Waals surface area contributed by atoms with Gasteiger partial charge in [-0.05, 0) is 54.5 Å². The first-order chi connectivity index (χ1) is 23.1. The van der Waals surface area contributed by atoms with E-state index in [2.05, 4.69) is 30.9 Å². The number of aliphatic imine (C=N–C) groups is 1. The second kappa shape index (κ2) is 17.2. The molecular weight excluding hydrogens is 634 g/mol. The molecule has 2 aromatic carbocycles. The first-order valence-electron chi connectivity index (χ1n) is 15.6. The predicted molar refractivity (Wildman–Crippen MR) is 188 cm³/mol. The van der Waals surface area contributed by atoms with Gasteiger partial charge < -0.3 is 48.2 Å². The molecule has 0 fully saturated rings. The molecule has 0 saturated carbocycles. The number of nitrogens with zero attached hydrogens (tertiary/aromatic N) is 1. The molecule has 4 aromatic rings. The van der Waals surface area contributed by atoms with Crippen LogP contribution in [0.5, 0.6) is 0 Å². The molecule has 4 atom stereocenters. The number of carbonyl (C=O) groups is 4. The van der Waals surface area contributed by atoms with E-state index in [4.69, 9.17) is 17.2 Å². The molecule has 0 radical (unpaired) electrons. The van der Waals surface area contributed by atoms with E-state index < -0.39 is 47.9 Å². The molecule has 12 N–H and O–H groups in total. The van der Waals surface area contributed by atoms with Crippen LogP contribution in [0, 0.1) is 0 Å². The van der Waals surface area contributed by atoms with Gasteiger partial charge in [0, 0.05) is 53.6 Å². The molecule has 0 aliphatic heterocycles. The maximum atomic E-state index is 13.9. The van der Waals surface area contributed by atoms with Crippen LogP contribution in [0.1, 0.15) is 30.4 Å². The van der Waals surface area contributed by atoms with E-state index in [0.29, 0.717) is 18.6 Å². The van der Waals surface area contributed by atoms with Crippen LogP contribution in [-0.4, -0.2) is 87.4 Å². The van der Waals surface area contributed by atoms with Gasteiger partial charge in [0.05, 0.1) is 6.04 Å². The van der Waals surface area contributed by atoms with Crippen molar-refractivity contribution in [1.82, 2.24) is 25.9 Å². The average Bonchev–Trinajstić information content (AvgIpc) is 3.67. The molecule has 0 bridgehead atoms. The van der Waals surface area contributed by atoms with E-state index in [0.717, 1.165) is 32.9 Å². The van der Waals surface area contributed by atoms with Crippen molar-refractivity contribution in [2.45, 2.75) is 56.3 Å². The van der Waals surface area contributed by atoms with Crippen molar-refractivity contribution in [3.05, 3.63) is 72.1 Å². The Labute approximate surface area is 282 Å². The number of fused-ring (bicyclic) bond motifs is 2. The molecule has 4 unspecified atom stereocenters. The molecular formula is C33H43N9O5S. The maximum absolute atomic E-state index is 13.9. The summed E-state index contributed by atoms with van der Waals surface area (Å²) in [5, 5.41) is 19.9. The normalized spacial score (nSPS) is 13.7. The highest BCUT2D eigenvalue weighted by molar-refractivity contribution is 7.98. The first-order valence-corrected chi connectivity index (χ1v) is 17.0. The number of carboxylic acids is 1. The topological polar surface area (TPSA) is 247 Å². The third kappa shape index (κ3) is 9.75. The minimum absolute atomic E-state index is 0.0102. The number of nitrogens with two attached hydrogens (primary N) is 3. The molecule has 14 nitrogen and oxygen atoms in total. The van der Waals surface area contributed by atoms with Gasteiger partial charge >= 0.3 is 5.97 Å². The number of benzene rings is 2. The summed E-state index contributed by atoms with van der Waals surface area (Å²) in [6.07, 6.45) is 6.34. The molecule has 0 saturated heterocycles. The Bertz CT molecular complexity index is 1750. The zero-order chi connectivity index (χ0) is 34.6. The van der Waals surface area contributed by atoms with Gasteiger partial charge in [-0.15, -0.1) is 0 Å². The fourth-order valence-corrected chi connectivity index (χ4v) is 5.91. The van der Waals surface area contributed by atoms with Crippen molar-refractivity contribution in [2.75, 3.05) is 18.6 Å². The van der Waals surface area contributed by atoms with Crippen LogP contribution in [0.2, 0.25) is 0 Å². The summed E-state index contributed by atoms with van der Waals surface area (Å²) in [7, 11) is 0. The number of rotatable bonds is 18. The summed E-state index contributed by atoms with van der Waals surface area (Å²) >= 11 is 1.55. The van der Waals surface area contributed by atoms with E-state index in [9.17, 15) is 24.3 Å². The summed E-state index contributed by atoms with van der Waals surface area (Å²) in [4.78, 5) is 63.3. The number of para-hydroxylation sites is 2. The van der Waals surface area contributed by atoms with Crippen molar-refractivity contribution in [3.8, 4) is 0 Å². The van der Waals surface area contributed by atoms with Crippen molar-refractivity contribution >= 4 is 63.2 Å². The SMILES string of the molecule is CSCCC(N)C(=O)NC(CCCN=C(N)N)C(=O)NC(Cc1c[nH]c2ccccc12)C(=O)NC(Cc1c[nH]c2ccccc12)C(=O)O. The van der Waals surface area contributed by atoms with Gasteiger partial charge in [0.2, 0.25) is 17.7 Å². The standard InChI is InChI=1S/C33H43N9O5S/c1-48-14-12-23(34)29(43)40-26(11-6-13-37-33(35)36)30(44)41-27(15-19-17-38-24-9-4-2-7-21(19)24)31(45)42-28(32(46)47)16-20-18-39-25-10-5-3-8-22(20)25/h2-5,7-10,17-18,23,26-28,38-39H,6,11-16,34H2,1H3,(H,40,43)(H,41,44)(H,42,45)(H,46,47)(H4,35,36,37). The van der Waals surface area contributed by atoms with Gasteiger partial charge in [-0.1, -0.05) is 36.4 Å². The highest BCUT2D eigenvalue weighted by Gasteiger charge is 2.31. The van der Waals surface area contributed by atoms with Crippen molar-refractivity contribution in [2.24, 2.45) is 22.2 Å². The van der Waals surface area contributed by atoms with Crippen LogP contribution in [0.4, 0.5) is 0 Å². The molecule has 0 aliphatic rings. The zero-order valence-electron chi connectivity index (χ0n) is 26.7. The average molecular weight is 678 g/mol. The monoisotopic (exact) mass is 677 g/mol. The second-order valence-corrected chi connectivity index (χ2v) is 12.5. The van der Waals surface area contributed by atoms with Crippen LogP contribution >= 0.6 is 11.8 Å². The molecule has 4 rings (SSSR count). The minimum Gasteiger partial charge on any atom is -0.480 e. The second-order valence-electron chi connectivity index (χ2n) is 11.5. The number of H-pyrrole nitrogens is 2. The van der Waals surface area contributed by atoms with Gasteiger partial charge in [-0.3, -0.25) is 19.4 Å². The number of amides is 3. The Morgan fingerprint density at radius 2 is 1.31 bits per heavy atom. The number of nitrogens with one attached hydrogen (secondary N) is 5. The Morgan fingerprint density at radius 1 is 0.792 bits per heavy atom. The Morgan fingerprint density at radius 3 is 1.88 bits per heavy atom. The van der Waals surface area contributed by atoms with Crippen LogP contribution in [-0.2, 0) is 32.0 Å². The lowest BCUT2D eigenvalue weighted by atomic mass is 10.0. The fourth-order valence-electron chi connectivity index (χ4n) is 5.42. The van der Waals surface area contributed by atoms with E-state index >= 15 is 0 Å². The number of aliphatic carboxylic acids is 1. The lowest BCUT2D eigenvalue weighted by Crippen LogP contribution is -2.57. The van der Waals surface area contributed by atoms with Crippen LogP contribution in [0.15, 0.2) is 65.9 Å². The highest BCUT2D eigenvalue weighted by atomic mass is 32.2. The van der Waals surface area contributed by atoms with Gasteiger partial charge in [0.25, 0.3) is 0 Å². The van der Waals surface area contributed by atoms with Crippen LogP contribution < -0.4 is 33.2 Å². The van der Waals surface area contributed by atoms with Gasteiger partial charge in [-0.25, -0.2) is 4.79 Å². The van der Waals surface area contributed by atoms with Gasteiger partial charge in [0.15, 0.2) is 5.96 Å². The largest absolute Gasteiger partial charge is 0.480 e. The summed E-state index contributed by atoms with van der Waals surface area (Å²) in [5.41, 5.74) is 20.1. The third-order valence-electron chi connectivity index (χ3n) is 7.99. The number of carbonyl (C=O) groups excluding carboxylic acids is 3. The number of carboxylic acid groups (broad SMARTS) is 1. The number of aromatic nitrogens is 2. The molecule has 256 valence electrons. The number of hydrogen-bond donors (Lipinski definition) is 9. The number of hydrogen-bond acceptors (Lipinski definition) is 7. The summed E-state index contributed by atoms with van der Waals surface area (Å²) in [6, 6.07) is 10.6. The van der Waals surface area contributed by atoms with E-state index in [1.165, 1.54) is 0 Å². The van der Waals surface area contributed by atoms with Crippen molar-refractivity contribution in [1.29, 1.82) is 0 Å². The molecule has 0 spiro atoms. The molecule has 3 amide bonds. The molecule has 2 heterocycles. The molecule has 0 aliphatic carbocycles. The molecule has 48 heavy (non-hydrogen) atoms. The first kappa shape index (κ1) is 35.8. The van der Waals surface area contributed by atoms with Gasteiger partial charge in [0.1, 0.15) is 18.1 Å². The van der Waals surface area contributed by atoms with Gasteiger partial charge in [-0.2, -0.15) is 11.8 Å². The number of guanidine groups is 1. The number of thioether (sulfide) groups is 1. The molecule has 2 aromatic heterocycles. The van der Waals surface area contributed by atoms with E-state index in [-0.39, 0.29) is 31.8 Å². The van der Waals surface area contributed by atoms with E-state index in [1.807, 2.05) is 54.8 Å². The third-order valence-corrected chi connectivity index (χ3v) is 8.64. The highest BCUT2D eigenvalue weighted by Crippen LogP contribution is 2.21. The lowest BCUT2D eigenvalue weighted by Gasteiger charge is -2.25. The zero-order valence-corrected chi connectivity index (χ0v) is 27.5. The number of aromatic amines is 2. The van der Waals surface area contributed by atoms with E-state index in [1.54, 1.807) is 24.2 Å². The lowest BCUT2D eigenvalue weighted by molar-refractivity contribution is -0.142. The maximum Gasteiger partial charge on any atom is 0.326 e. The van der Waals surface area contributed by atoms with Crippen molar-refractivity contribution < 1.29 is 24.3 Å². The fraction of sp³-hybridized carbons (Fsp3) is 0.364. The van der Waals surface area contributed by atoms with Crippen LogP contribution in [0.25, 0.3) is 21.8 Å². The summed E-state index contributed by atoms with van der Waals surface area (Å²) < 4.78 is 0. The Kier molecular flexibility index (Phi) is 12.9. The van der Waals surface area contributed by atoms with Crippen molar-refractivity contribution in [3.63, 3.8) is 0 Å². The molecule has 15 heteroatoms. The Hall–Kier alpha value is -5.02. The minimum atomic E-state index is -1.29. The quantitative estimate of drug-likeness (QED) is 0.0415. The summed E-state index contributed by atoms with van der Waals surface area (Å²) in [6.45, 7) is 0.216. The summed E-state index contributed by atoms with van der Waals surface area (Å²) in [5.74, 6) is -2.50.